The first-order chi connectivity index (χ1) is 7.56. The van der Waals surface area contributed by atoms with Crippen molar-refractivity contribution in [1.82, 2.24) is 0 Å². The van der Waals surface area contributed by atoms with Gasteiger partial charge in [-0.15, -0.1) is 0 Å². The number of benzene rings is 1. The molecule has 5 nitrogen and oxygen atoms in total. The average Bonchev–Trinajstić information content (AvgIpc) is 2.19. The summed E-state index contributed by atoms with van der Waals surface area (Å²) in [5.74, 6) is -0.752. The van der Waals surface area contributed by atoms with Gasteiger partial charge in [0.05, 0.1) is 0 Å². The number of carbonyl (C=O) groups is 1. The van der Waals surface area contributed by atoms with Crippen LogP contribution in [-0.4, -0.2) is 11.1 Å². The lowest BCUT2D eigenvalue weighted by Gasteiger charge is -2.04. The Morgan fingerprint density at radius 1 is 1.38 bits per heavy atom. The van der Waals surface area contributed by atoms with E-state index < -0.39 is 11.6 Å². The van der Waals surface area contributed by atoms with Crippen LogP contribution in [-0.2, 0) is 4.79 Å². The first-order valence-electron chi connectivity index (χ1n) is 4.51. The maximum absolute atomic E-state index is 10.9. The lowest BCUT2D eigenvalue weighted by atomic mass is 10.2. The molecule has 1 aromatic carbocycles. The van der Waals surface area contributed by atoms with Crippen molar-refractivity contribution in [3.05, 3.63) is 34.7 Å². The van der Waals surface area contributed by atoms with E-state index in [1.54, 1.807) is 0 Å². The van der Waals surface area contributed by atoms with E-state index in [4.69, 9.17) is 9.15 Å². The van der Waals surface area contributed by atoms with Crippen LogP contribution < -0.4 is 10.4 Å². The van der Waals surface area contributed by atoms with Gasteiger partial charge in [-0.2, -0.15) is 0 Å². The Kier molecular flexibility index (Phi) is 2.36. The molecule has 0 saturated carbocycles. The van der Waals surface area contributed by atoms with Gasteiger partial charge in [0.15, 0.2) is 11.5 Å². The van der Waals surface area contributed by atoms with Crippen molar-refractivity contribution in [1.29, 1.82) is 0 Å². The SMILES string of the molecule is CC(=O)Oc1cc2ccc(=O)oc2cc1O. The van der Waals surface area contributed by atoms with E-state index in [0.717, 1.165) is 0 Å². The maximum Gasteiger partial charge on any atom is 0.336 e. The molecule has 0 bridgehead atoms. The number of carbonyl (C=O) groups excluding carboxylic acids is 1. The smallest absolute Gasteiger partial charge is 0.336 e. The summed E-state index contributed by atoms with van der Waals surface area (Å²) in [4.78, 5) is 21.7. The number of fused-ring (bicyclic) bond motifs is 1. The zero-order chi connectivity index (χ0) is 11.7. The van der Waals surface area contributed by atoms with Crippen LogP contribution in [0.1, 0.15) is 6.92 Å². The van der Waals surface area contributed by atoms with Crippen molar-refractivity contribution in [3.8, 4) is 11.5 Å². The summed E-state index contributed by atoms with van der Waals surface area (Å²) in [6.45, 7) is 1.23. The third kappa shape index (κ3) is 1.88. The first-order valence-corrected chi connectivity index (χ1v) is 4.51. The predicted octanol–water partition coefficient (Wildman–Crippen LogP) is 1.42. The number of hydrogen-bond acceptors (Lipinski definition) is 5. The second-order valence-corrected chi connectivity index (χ2v) is 3.21. The zero-order valence-electron chi connectivity index (χ0n) is 8.39. The van der Waals surface area contributed by atoms with E-state index in [1.165, 1.54) is 31.2 Å². The highest BCUT2D eigenvalue weighted by atomic mass is 16.5. The molecule has 1 aromatic heterocycles. The van der Waals surface area contributed by atoms with Crippen molar-refractivity contribution in [3.63, 3.8) is 0 Å². The van der Waals surface area contributed by atoms with Crippen LogP contribution in [0.5, 0.6) is 11.5 Å². The number of rotatable bonds is 1. The van der Waals surface area contributed by atoms with Gasteiger partial charge in [0, 0.05) is 24.4 Å². The van der Waals surface area contributed by atoms with Crippen LogP contribution in [0.15, 0.2) is 33.5 Å². The molecule has 0 aliphatic rings. The number of ether oxygens (including phenoxy) is 1. The van der Waals surface area contributed by atoms with Crippen LogP contribution in [0.4, 0.5) is 0 Å². The van der Waals surface area contributed by atoms with Crippen LogP contribution in [0.25, 0.3) is 11.0 Å². The van der Waals surface area contributed by atoms with E-state index in [1.807, 2.05) is 0 Å². The molecule has 1 heterocycles. The topological polar surface area (TPSA) is 76.7 Å². The number of phenols is 1. The Balaban J connectivity index is 2.62. The van der Waals surface area contributed by atoms with E-state index in [9.17, 15) is 14.7 Å². The summed E-state index contributed by atoms with van der Waals surface area (Å²) in [5, 5.41) is 10.1. The normalized spacial score (nSPS) is 10.3. The highest BCUT2D eigenvalue weighted by Crippen LogP contribution is 2.30. The van der Waals surface area contributed by atoms with Gasteiger partial charge in [0.2, 0.25) is 0 Å². The fraction of sp³-hybridized carbons (Fsp3) is 0.0909. The fourth-order valence-corrected chi connectivity index (χ4v) is 1.32. The van der Waals surface area contributed by atoms with Gasteiger partial charge in [-0.25, -0.2) is 4.79 Å². The average molecular weight is 220 g/mol. The summed E-state index contributed by atoms with van der Waals surface area (Å²) >= 11 is 0. The second kappa shape index (κ2) is 3.69. The minimum Gasteiger partial charge on any atom is -0.504 e. The van der Waals surface area contributed by atoms with Crippen molar-refractivity contribution < 1.29 is 19.1 Å². The molecule has 0 radical (unpaired) electrons. The molecule has 0 unspecified atom stereocenters. The van der Waals surface area contributed by atoms with E-state index in [-0.39, 0.29) is 17.1 Å². The molecule has 1 N–H and O–H groups in total. The van der Waals surface area contributed by atoms with Crippen LogP contribution in [0.3, 0.4) is 0 Å². The molecule has 2 rings (SSSR count). The summed E-state index contributed by atoms with van der Waals surface area (Å²) in [7, 11) is 0. The van der Waals surface area contributed by atoms with Gasteiger partial charge in [-0.05, 0) is 12.1 Å². The van der Waals surface area contributed by atoms with E-state index in [0.29, 0.717) is 5.39 Å². The Morgan fingerprint density at radius 2 is 2.12 bits per heavy atom. The molecular weight excluding hydrogens is 212 g/mol. The molecule has 2 aromatic rings. The van der Waals surface area contributed by atoms with E-state index >= 15 is 0 Å². The van der Waals surface area contributed by atoms with Crippen LogP contribution in [0, 0.1) is 0 Å². The number of phenolic OH excluding ortho intramolecular Hbond substituents is 1. The summed E-state index contributed by atoms with van der Waals surface area (Å²) in [5.41, 5.74) is -0.270. The molecule has 0 aliphatic heterocycles. The van der Waals surface area contributed by atoms with Crippen molar-refractivity contribution >= 4 is 16.9 Å². The minimum atomic E-state index is -0.535. The molecule has 0 aliphatic carbocycles. The number of esters is 1. The lowest BCUT2D eigenvalue weighted by molar-refractivity contribution is -0.132. The molecule has 82 valence electrons. The maximum atomic E-state index is 10.9. The molecule has 0 saturated heterocycles. The third-order valence-corrected chi connectivity index (χ3v) is 1.95. The van der Waals surface area contributed by atoms with Gasteiger partial charge in [0.1, 0.15) is 5.58 Å². The number of aromatic hydroxyl groups is 1. The first kappa shape index (κ1) is 10.2. The second-order valence-electron chi connectivity index (χ2n) is 3.21. The van der Waals surface area contributed by atoms with Crippen LogP contribution in [0.2, 0.25) is 0 Å². The molecule has 0 fully saturated rings. The van der Waals surface area contributed by atoms with Crippen molar-refractivity contribution in [2.24, 2.45) is 0 Å². The molecule has 0 atom stereocenters. The van der Waals surface area contributed by atoms with Gasteiger partial charge >= 0.3 is 11.6 Å². The van der Waals surface area contributed by atoms with E-state index in [2.05, 4.69) is 0 Å². The largest absolute Gasteiger partial charge is 0.504 e. The predicted molar refractivity (Wildman–Crippen MR) is 55.5 cm³/mol. The Bertz CT molecular complexity index is 611. The zero-order valence-corrected chi connectivity index (χ0v) is 8.39. The fourth-order valence-electron chi connectivity index (χ4n) is 1.32. The number of hydrogen-bond donors (Lipinski definition) is 1. The molecule has 0 amide bonds. The summed E-state index contributed by atoms with van der Waals surface area (Å²) < 4.78 is 9.62. The van der Waals surface area contributed by atoms with Gasteiger partial charge in [0.25, 0.3) is 0 Å². The summed E-state index contributed by atoms with van der Waals surface area (Å²) in [6.07, 6.45) is 0. The summed E-state index contributed by atoms with van der Waals surface area (Å²) in [6, 6.07) is 5.43. The highest BCUT2D eigenvalue weighted by molar-refractivity contribution is 5.82. The lowest BCUT2D eigenvalue weighted by Crippen LogP contribution is -2.02. The molecule has 0 spiro atoms. The molecule has 5 heteroatoms. The Morgan fingerprint density at radius 3 is 2.81 bits per heavy atom. The Labute approximate surface area is 89.9 Å². The Hall–Kier alpha value is -2.30. The standard InChI is InChI=1S/C11H8O5/c1-6(12)15-10-4-7-2-3-11(14)16-9(7)5-8(10)13/h2-5,13H,1H3. The van der Waals surface area contributed by atoms with Crippen LogP contribution >= 0.6 is 0 Å². The monoisotopic (exact) mass is 220 g/mol. The van der Waals surface area contributed by atoms with Crippen molar-refractivity contribution in [2.75, 3.05) is 0 Å². The quantitative estimate of drug-likeness (QED) is 0.447. The minimum absolute atomic E-state index is 0.0360. The van der Waals surface area contributed by atoms with Gasteiger partial charge in [-0.3, -0.25) is 4.79 Å². The molecule has 16 heavy (non-hydrogen) atoms. The highest BCUT2D eigenvalue weighted by Gasteiger charge is 2.08. The van der Waals surface area contributed by atoms with Crippen molar-refractivity contribution in [2.45, 2.75) is 6.92 Å². The van der Waals surface area contributed by atoms with Gasteiger partial charge in [-0.1, -0.05) is 0 Å². The van der Waals surface area contributed by atoms with Gasteiger partial charge < -0.3 is 14.3 Å². The molecular formula is C11H8O5. The third-order valence-electron chi connectivity index (χ3n) is 1.95.